The number of rotatable bonds is 7. The Kier molecular flexibility index (Phi) is 7.00. The summed E-state index contributed by atoms with van der Waals surface area (Å²) in [5, 5.41) is 11.3. The van der Waals surface area contributed by atoms with Gasteiger partial charge in [0.1, 0.15) is 34.0 Å². The number of halogens is 1. The molecule has 5 rings (SSSR count). The van der Waals surface area contributed by atoms with Crippen LogP contribution in [0.2, 0.25) is 5.02 Å². The Morgan fingerprint density at radius 1 is 1.00 bits per heavy atom. The van der Waals surface area contributed by atoms with Crippen LogP contribution in [0.25, 0.3) is 22.3 Å². The zero-order valence-electron chi connectivity index (χ0n) is 20.9. The molecule has 1 N–H and O–H groups in total. The Bertz CT molecular complexity index is 1480. The minimum Gasteiger partial charge on any atom is -0.497 e. The Hall–Kier alpha value is -3.68. The zero-order chi connectivity index (χ0) is 26.1. The van der Waals surface area contributed by atoms with Gasteiger partial charge < -0.3 is 28.6 Å². The smallest absolute Gasteiger partial charge is 0.197 e. The van der Waals surface area contributed by atoms with Gasteiger partial charge in [-0.25, -0.2) is 0 Å². The summed E-state index contributed by atoms with van der Waals surface area (Å²) in [5.74, 6) is 1.83. The highest BCUT2D eigenvalue weighted by Gasteiger charge is 2.39. The lowest BCUT2D eigenvalue weighted by Gasteiger charge is -2.29. The van der Waals surface area contributed by atoms with Crippen molar-refractivity contribution >= 4 is 28.3 Å². The maximum absolute atomic E-state index is 13.4. The molecule has 1 fully saturated rings. The number of aliphatic hydroxyl groups is 1. The highest BCUT2D eigenvalue weighted by Crippen LogP contribution is 2.46. The highest BCUT2D eigenvalue weighted by molar-refractivity contribution is 6.33. The van der Waals surface area contributed by atoms with Gasteiger partial charge in [-0.15, -0.1) is 0 Å². The van der Waals surface area contributed by atoms with E-state index in [-0.39, 0.29) is 24.0 Å². The van der Waals surface area contributed by atoms with E-state index in [9.17, 15) is 9.90 Å². The van der Waals surface area contributed by atoms with E-state index < -0.39 is 0 Å². The van der Waals surface area contributed by atoms with E-state index in [1.54, 1.807) is 32.4 Å². The third-order valence-corrected chi connectivity index (χ3v) is 7.38. The number of methoxy groups -OCH3 is 3. The molecule has 0 saturated carbocycles. The topological polar surface area (TPSA) is 81.4 Å². The molecule has 3 aromatic carbocycles. The first-order valence-corrected chi connectivity index (χ1v) is 12.4. The van der Waals surface area contributed by atoms with E-state index in [1.807, 2.05) is 36.4 Å². The Labute approximate surface area is 219 Å². The average Bonchev–Trinajstić information content (AvgIpc) is 3.35. The van der Waals surface area contributed by atoms with Crippen molar-refractivity contribution in [1.82, 2.24) is 0 Å². The molecule has 1 saturated heterocycles. The second-order valence-electron chi connectivity index (χ2n) is 8.89. The van der Waals surface area contributed by atoms with Crippen LogP contribution in [0.15, 0.2) is 69.9 Å². The minimum absolute atomic E-state index is 0.0954. The van der Waals surface area contributed by atoms with Crippen molar-refractivity contribution < 1.29 is 23.7 Å². The molecule has 0 amide bonds. The summed E-state index contributed by atoms with van der Waals surface area (Å²) in [6.45, 7) is 0.606. The van der Waals surface area contributed by atoms with Crippen LogP contribution in [0, 0.1) is 0 Å². The van der Waals surface area contributed by atoms with E-state index >= 15 is 0 Å². The van der Waals surface area contributed by atoms with Gasteiger partial charge in [0.05, 0.1) is 39.0 Å². The van der Waals surface area contributed by atoms with Crippen LogP contribution in [0.4, 0.5) is 5.69 Å². The van der Waals surface area contributed by atoms with Crippen molar-refractivity contribution in [2.75, 3.05) is 39.4 Å². The predicted molar refractivity (Wildman–Crippen MR) is 145 cm³/mol. The Morgan fingerprint density at radius 2 is 1.73 bits per heavy atom. The summed E-state index contributed by atoms with van der Waals surface area (Å²) >= 11 is 6.44. The van der Waals surface area contributed by atoms with Crippen molar-refractivity contribution in [2.45, 2.75) is 18.4 Å². The summed E-state index contributed by atoms with van der Waals surface area (Å²) in [7, 11) is 4.71. The molecule has 0 radical (unpaired) electrons. The monoisotopic (exact) mass is 521 g/mol. The van der Waals surface area contributed by atoms with Gasteiger partial charge in [0.25, 0.3) is 0 Å². The number of ether oxygens (including phenoxy) is 3. The predicted octanol–water partition coefficient (Wildman–Crippen LogP) is 5.49. The van der Waals surface area contributed by atoms with Gasteiger partial charge in [-0.1, -0.05) is 23.7 Å². The van der Waals surface area contributed by atoms with Crippen molar-refractivity contribution in [2.24, 2.45) is 0 Å². The third kappa shape index (κ3) is 4.38. The van der Waals surface area contributed by atoms with E-state index in [0.29, 0.717) is 45.4 Å². The van der Waals surface area contributed by atoms with Crippen molar-refractivity contribution in [1.29, 1.82) is 0 Å². The number of aliphatic hydroxyl groups excluding tert-OH is 1. The van der Waals surface area contributed by atoms with Gasteiger partial charge in [0, 0.05) is 41.4 Å². The van der Waals surface area contributed by atoms with Crippen molar-refractivity contribution in [3.05, 3.63) is 81.5 Å². The van der Waals surface area contributed by atoms with Gasteiger partial charge >= 0.3 is 0 Å². The summed E-state index contributed by atoms with van der Waals surface area (Å²) in [5.41, 5.74) is 2.43. The zero-order valence-corrected chi connectivity index (χ0v) is 21.6. The largest absolute Gasteiger partial charge is 0.497 e. The van der Waals surface area contributed by atoms with Crippen LogP contribution in [0.1, 0.15) is 17.9 Å². The lowest BCUT2D eigenvalue weighted by molar-refractivity contribution is 0.255. The van der Waals surface area contributed by atoms with Crippen LogP contribution < -0.4 is 24.5 Å². The van der Waals surface area contributed by atoms with Crippen LogP contribution in [0.3, 0.4) is 0 Å². The number of hydrogen-bond acceptors (Lipinski definition) is 7. The van der Waals surface area contributed by atoms with Gasteiger partial charge in [0.15, 0.2) is 5.43 Å². The molecule has 37 heavy (non-hydrogen) atoms. The molecule has 4 aromatic rings. The molecule has 7 nitrogen and oxygen atoms in total. The standard InChI is InChI=1S/C29H28ClNO6/c1-34-18-10-8-17(9-11-18)31-13-12-20(22(31)16-32)27-25(35-2)15-26(36-3)28-23(33)14-24(37-29(27)28)19-6-4-5-7-21(19)30/h4-11,14-15,20,22,32H,12-13,16H2,1-3H3/t20-,22+/m0/s1. The van der Waals surface area contributed by atoms with Crippen molar-refractivity contribution in [3.63, 3.8) is 0 Å². The number of fused-ring (bicyclic) bond motifs is 1. The van der Waals surface area contributed by atoms with E-state index in [0.717, 1.165) is 23.4 Å². The maximum Gasteiger partial charge on any atom is 0.197 e. The van der Waals surface area contributed by atoms with Gasteiger partial charge in [-0.3, -0.25) is 4.79 Å². The Balaban J connectivity index is 1.71. The van der Waals surface area contributed by atoms with Crippen molar-refractivity contribution in [3.8, 4) is 28.6 Å². The quantitative estimate of drug-likeness (QED) is 0.344. The minimum atomic E-state index is -0.270. The first kappa shape index (κ1) is 25.0. The molecule has 1 aliphatic rings. The first-order valence-electron chi connectivity index (χ1n) is 12.0. The summed E-state index contributed by atoms with van der Waals surface area (Å²) in [6, 6.07) is 17.8. The molecule has 1 aromatic heterocycles. The molecule has 2 heterocycles. The van der Waals surface area contributed by atoms with E-state index in [1.165, 1.54) is 13.2 Å². The summed E-state index contributed by atoms with van der Waals surface area (Å²) in [6.07, 6.45) is 0.717. The Morgan fingerprint density at radius 3 is 2.38 bits per heavy atom. The fourth-order valence-electron chi connectivity index (χ4n) is 5.28. The lowest BCUT2D eigenvalue weighted by Crippen LogP contribution is -2.35. The van der Waals surface area contributed by atoms with Crippen LogP contribution in [-0.2, 0) is 0 Å². The number of anilines is 1. The second kappa shape index (κ2) is 10.4. The fraction of sp³-hybridized carbons (Fsp3) is 0.276. The van der Waals surface area contributed by atoms with E-state index in [2.05, 4.69) is 4.90 Å². The maximum atomic E-state index is 13.4. The third-order valence-electron chi connectivity index (χ3n) is 7.05. The van der Waals surface area contributed by atoms with E-state index in [4.69, 9.17) is 30.2 Å². The number of hydrogen-bond donors (Lipinski definition) is 1. The summed E-state index contributed by atoms with van der Waals surface area (Å²) in [4.78, 5) is 15.6. The molecule has 1 aliphatic heterocycles. The molecular formula is C29H28ClNO6. The number of benzene rings is 3. The molecule has 2 atom stereocenters. The molecule has 0 spiro atoms. The fourth-order valence-corrected chi connectivity index (χ4v) is 5.51. The first-order chi connectivity index (χ1) is 18.0. The second-order valence-corrected chi connectivity index (χ2v) is 9.30. The van der Waals surface area contributed by atoms with Crippen LogP contribution in [-0.4, -0.2) is 45.6 Å². The van der Waals surface area contributed by atoms with Gasteiger partial charge in [-0.05, 0) is 42.8 Å². The SMILES string of the molecule is COc1ccc(N2CC[C@H](c3c(OC)cc(OC)c4c(=O)cc(-c5ccccc5Cl)oc34)[C@H]2CO)cc1. The molecule has 0 aliphatic carbocycles. The van der Waals surface area contributed by atoms with Gasteiger partial charge in [0.2, 0.25) is 0 Å². The molecule has 192 valence electrons. The normalized spacial score (nSPS) is 17.3. The molecule has 0 unspecified atom stereocenters. The molecule has 0 bridgehead atoms. The highest BCUT2D eigenvalue weighted by atomic mass is 35.5. The average molecular weight is 522 g/mol. The van der Waals surface area contributed by atoms with Gasteiger partial charge in [-0.2, -0.15) is 0 Å². The summed E-state index contributed by atoms with van der Waals surface area (Å²) < 4.78 is 23.1. The molecule has 8 heteroatoms. The van der Waals surface area contributed by atoms with Crippen LogP contribution in [0.5, 0.6) is 17.2 Å². The molecular weight excluding hydrogens is 494 g/mol. The lowest BCUT2D eigenvalue weighted by atomic mass is 9.89. The number of nitrogens with zero attached hydrogens (tertiary/aromatic N) is 1. The van der Waals surface area contributed by atoms with Crippen LogP contribution >= 0.6 is 11.6 Å².